The predicted molar refractivity (Wildman–Crippen MR) is 67.8 cm³/mol. The third kappa shape index (κ3) is 2.32. The lowest BCUT2D eigenvalue weighted by atomic mass is 9.84. The zero-order valence-corrected chi connectivity index (χ0v) is 10.9. The second kappa shape index (κ2) is 4.42. The molecule has 0 radical (unpaired) electrons. The molecule has 1 aliphatic carbocycles. The third-order valence-electron chi connectivity index (χ3n) is 3.39. The monoisotopic (exact) mass is 291 g/mol. The van der Waals surface area contributed by atoms with Crippen molar-refractivity contribution in [2.45, 2.75) is 31.5 Å². The Morgan fingerprint density at radius 3 is 2.37 bits per heavy atom. The number of aliphatic hydroxyl groups is 1. The van der Waals surface area contributed by atoms with Crippen LogP contribution in [0.1, 0.15) is 25.3 Å². The van der Waals surface area contributed by atoms with Crippen molar-refractivity contribution in [1.29, 1.82) is 0 Å². The molecule has 1 saturated carbocycles. The second-order valence-corrected chi connectivity index (χ2v) is 5.10. The molecule has 6 heteroatoms. The third-order valence-corrected chi connectivity index (χ3v) is 3.62. The fourth-order valence-electron chi connectivity index (χ4n) is 2.10. The Morgan fingerprint density at radius 2 is 1.89 bits per heavy atom. The van der Waals surface area contributed by atoms with Gasteiger partial charge in [-0.05, 0) is 43.5 Å². The van der Waals surface area contributed by atoms with Gasteiger partial charge in [-0.15, -0.1) is 0 Å². The SMILES string of the molecule is CC(=C1CC1)[C@](O)(c1cc(Cl)ccc1N)C(F)(F)F. The van der Waals surface area contributed by atoms with E-state index in [1.165, 1.54) is 19.1 Å². The van der Waals surface area contributed by atoms with Crippen LogP contribution in [-0.4, -0.2) is 11.3 Å². The number of benzene rings is 1. The molecule has 0 unspecified atom stereocenters. The minimum Gasteiger partial charge on any atom is -0.398 e. The van der Waals surface area contributed by atoms with Crippen molar-refractivity contribution in [3.05, 3.63) is 39.9 Å². The van der Waals surface area contributed by atoms with Gasteiger partial charge in [0.25, 0.3) is 0 Å². The predicted octanol–water partition coefficient (Wildman–Crippen LogP) is 3.78. The number of allylic oxidation sites excluding steroid dienone is 1. The van der Waals surface area contributed by atoms with Gasteiger partial charge in [0, 0.05) is 16.3 Å². The van der Waals surface area contributed by atoms with E-state index in [1.54, 1.807) is 0 Å². The summed E-state index contributed by atoms with van der Waals surface area (Å²) in [6, 6.07) is 3.72. The van der Waals surface area contributed by atoms with Crippen LogP contribution in [0.25, 0.3) is 0 Å². The molecule has 0 spiro atoms. The number of anilines is 1. The molecule has 0 amide bonds. The summed E-state index contributed by atoms with van der Waals surface area (Å²) >= 11 is 5.72. The first-order valence-electron chi connectivity index (χ1n) is 5.71. The van der Waals surface area contributed by atoms with Crippen molar-refractivity contribution in [2.75, 3.05) is 5.73 Å². The molecule has 1 aliphatic rings. The van der Waals surface area contributed by atoms with Gasteiger partial charge in [0.05, 0.1) is 0 Å². The van der Waals surface area contributed by atoms with Gasteiger partial charge in [-0.25, -0.2) is 0 Å². The van der Waals surface area contributed by atoms with E-state index in [-0.39, 0.29) is 16.3 Å². The summed E-state index contributed by atoms with van der Waals surface area (Å²) in [6.45, 7) is 1.29. The molecular weight excluding hydrogens is 279 g/mol. The molecule has 104 valence electrons. The zero-order chi connectivity index (χ0) is 14.4. The molecule has 3 N–H and O–H groups in total. The molecule has 0 heterocycles. The maximum atomic E-state index is 13.4. The quantitative estimate of drug-likeness (QED) is 0.643. The van der Waals surface area contributed by atoms with Crippen LogP contribution in [0.3, 0.4) is 0 Å². The molecule has 2 rings (SSSR count). The molecule has 2 nitrogen and oxygen atoms in total. The number of hydrogen-bond donors (Lipinski definition) is 2. The van der Waals surface area contributed by atoms with Crippen LogP contribution >= 0.6 is 11.6 Å². The lowest BCUT2D eigenvalue weighted by Crippen LogP contribution is -2.44. The summed E-state index contributed by atoms with van der Waals surface area (Å²) in [7, 11) is 0. The Kier molecular flexibility index (Phi) is 3.31. The molecule has 0 aliphatic heterocycles. The van der Waals surface area contributed by atoms with E-state index in [9.17, 15) is 18.3 Å². The fourth-order valence-corrected chi connectivity index (χ4v) is 2.27. The molecule has 1 aromatic carbocycles. The zero-order valence-electron chi connectivity index (χ0n) is 10.2. The van der Waals surface area contributed by atoms with Crippen LogP contribution < -0.4 is 5.73 Å². The van der Waals surface area contributed by atoms with Crippen molar-refractivity contribution < 1.29 is 18.3 Å². The Morgan fingerprint density at radius 1 is 1.32 bits per heavy atom. The number of hydrogen-bond acceptors (Lipinski definition) is 2. The van der Waals surface area contributed by atoms with E-state index >= 15 is 0 Å². The van der Waals surface area contributed by atoms with Crippen molar-refractivity contribution in [3.63, 3.8) is 0 Å². The molecular formula is C13H13ClF3NO. The van der Waals surface area contributed by atoms with E-state index < -0.39 is 17.3 Å². The van der Waals surface area contributed by atoms with Crippen molar-refractivity contribution in [2.24, 2.45) is 0 Å². The highest BCUT2D eigenvalue weighted by atomic mass is 35.5. The first-order valence-corrected chi connectivity index (χ1v) is 6.09. The summed E-state index contributed by atoms with van der Waals surface area (Å²) in [4.78, 5) is 0. The molecule has 1 aromatic rings. The van der Waals surface area contributed by atoms with Gasteiger partial charge in [0.1, 0.15) is 0 Å². The van der Waals surface area contributed by atoms with Crippen molar-refractivity contribution in [3.8, 4) is 0 Å². The second-order valence-electron chi connectivity index (χ2n) is 4.67. The first-order chi connectivity index (χ1) is 8.68. The van der Waals surface area contributed by atoms with Gasteiger partial charge in [-0.3, -0.25) is 0 Å². The van der Waals surface area contributed by atoms with Crippen LogP contribution in [0, 0.1) is 0 Å². The van der Waals surface area contributed by atoms with Gasteiger partial charge in [-0.2, -0.15) is 13.2 Å². The highest BCUT2D eigenvalue weighted by Crippen LogP contribution is 2.50. The average molecular weight is 292 g/mol. The van der Waals surface area contributed by atoms with E-state index in [4.69, 9.17) is 17.3 Å². The summed E-state index contributed by atoms with van der Waals surface area (Å²) in [5.74, 6) is 0. The van der Waals surface area contributed by atoms with Crippen LogP contribution in [-0.2, 0) is 5.60 Å². The van der Waals surface area contributed by atoms with Gasteiger partial charge in [-0.1, -0.05) is 17.2 Å². The lowest BCUT2D eigenvalue weighted by Gasteiger charge is -2.33. The minimum absolute atomic E-state index is 0.0977. The van der Waals surface area contributed by atoms with Gasteiger partial charge < -0.3 is 10.8 Å². The van der Waals surface area contributed by atoms with E-state index in [1.807, 2.05) is 0 Å². The van der Waals surface area contributed by atoms with Crippen LogP contribution in [0.4, 0.5) is 18.9 Å². The Hall–Kier alpha value is -1.20. The topological polar surface area (TPSA) is 46.2 Å². The summed E-state index contributed by atoms with van der Waals surface area (Å²) in [6.07, 6.45) is -3.71. The van der Waals surface area contributed by atoms with Gasteiger partial charge in [0.2, 0.25) is 5.60 Å². The number of rotatable bonds is 2. The van der Waals surface area contributed by atoms with Crippen molar-refractivity contribution >= 4 is 17.3 Å². The maximum absolute atomic E-state index is 13.4. The smallest absolute Gasteiger partial charge is 0.398 e. The van der Waals surface area contributed by atoms with E-state index in [0.717, 1.165) is 6.07 Å². The lowest BCUT2D eigenvalue weighted by molar-refractivity contribution is -0.249. The van der Waals surface area contributed by atoms with Gasteiger partial charge in [0.15, 0.2) is 0 Å². The van der Waals surface area contributed by atoms with Crippen LogP contribution in [0.5, 0.6) is 0 Å². The fraction of sp³-hybridized carbons (Fsp3) is 0.385. The summed E-state index contributed by atoms with van der Waals surface area (Å²) < 4.78 is 40.1. The molecule has 1 atom stereocenters. The average Bonchev–Trinajstić information content (AvgIpc) is 3.12. The number of alkyl halides is 3. The molecule has 0 aromatic heterocycles. The Balaban J connectivity index is 2.69. The number of nitrogen functional groups attached to an aromatic ring is 1. The highest BCUT2D eigenvalue weighted by Gasteiger charge is 2.58. The number of halogens is 4. The normalized spacial score (nSPS) is 18.1. The minimum atomic E-state index is -4.86. The summed E-state index contributed by atoms with van der Waals surface area (Å²) in [5.41, 5.74) is 2.47. The molecule has 0 bridgehead atoms. The Bertz CT molecular complexity index is 547. The van der Waals surface area contributed by atoms with Gasteiger partial charge >= 0.3 is 6.18 Å². The van der Waals surface area contributed by atoms with E-state index in [0.29, 0.717) is 18.4 Å². The van der Waals surface area contributed by atoms with Crippen LogP contribution in [0.15, 0.2) is 29.3 Å². The van der Waals surface area contributed by atoms with Crippen LogP contribution in [0.2, 0.25) is 5.02 Å². The van der Waals surface area contributed by atoms with E-state index in [2.05, 4.69) is 0 Å². The Labute approximate surface area is 113 Å². The molecule has 1 fully saturated rings. The maximum Gasteiger partial charge on any atom is 0.425 e. The largest absolute Gasteiger partial charge is 0.425 e. The molecule has 19 heavy (non-hydrogen) atoms. The highest BCUT2D eigenvalue weighted by molar-refractivity contribution is 6.30. The number of nitrogens with two attached hydrogens (primary N) is 1. The summed E-state index contributed by atoms with van der Waals surface area (Å²) in [5, 5.41) is 10.4. The standard InChI is InChI=1S/C13H13ClF3NO/c1-7(8-2-3-8)12(19,13(15,16)17)10-6-9(14)4-5-11(10)18/h4-6,19H,2-3,18H2,1H3/t12-/m0/s1. The first kappa shape index (κ1) is 14.2. The van der Waals surface area contributed by atoms with Crippen molar-refractivity contribution in [1.82, 2.24) is 0 Å². The molecule has 0 saturated heterocycles.